The number of ether oxygens (including phenoxy) is 1. The topological polar surface area (TPSA) is 50.7 Å². The fourth-order valence-corrected chi connectivity index (χ4v) is 4.27. The van der Waals surface area contributed by atoms with E-state index in [0.717, 1.165) is 6.07 Å². The smallest absolute Gasteiger partial charge is 0.256 e. The zero-order valence-electron chi connectivity index (χ0n) is 13.6. The average molecular weight is 364 g/mol. The number of amidine groups is 1. The highest BCUT2D eigenvalue weighted by Crippen LogP contribution is 2.45. The molecule has 2 aliphatic rings. The molecule has 3 rings (SSSR count). The van der Waals surface area contributed by atoms with E-state index in [-0.39, 0.29) is 23.7 Å². The average Bonchev–Trinajstić information content (AvgIpc) is 2.60. The van der Waals surface area contributed by atoms with Crippen molar-refractivity contribution >= 4 is 22.8 Å². The summed E-state index contributed by atoms with van der Waals surface area (Å²) in [7, 11) is 0. The molecular weight excluding hydrogens is 346 g/mol. The van der Waals surface area contributed by atoms with E-state index in [1.807, 2.05) is 0 Å². The molecule has 1 fully saturated rings. The first-order valence-corrected chi connectivity index (χ1v) is 8.83. The third kappa shape index (κ3) is 3.39. The van der Waals surface area contributed by atoms with Crippen LogP contribution >= 0.6 is 11.8 Å². The van der Waals surface area contributed by atoms with Crippen molar-refractivity contribution in [2.75, 3.05) is 19.0 Å². The lowest BCUT2D eigenvalue weighted by Crippen LogP contribution is -2.49. The van der Waals surface area contributed by atoms with Crippen LogP contribution in [0.4, 0.5) is 8.78 Å². The summed E-state index contributed by atoms with van der Waals surface area (Å²) in [5, 5.41) is 3.05. The third-order valence-electron chi connectivity index (χ3n) is 4.49. The van der Waals surface area contributed by atoms with Crippen molar-refractivity contribution in [2.45, 2.75) is 12.0 Å². The number of hydrogen-bond acceptors (Lipinski definition) is 4. The predicted octanol–water partition coefficient (Wildman–Crippen LogP) is 3.16. The largest absolute Gasteiger partial charge is 0.379 e. The van der Waals surface area contributed by atoms with E-state index in [1.165, 1.54) is 30.0 Å². The third-order valence-corrected chi connectivity index (χ3v) is 5.52. The number of nitrogens with one attached hydrogen (secondary N) is 1. The highest BCUT2D eigenvalue weighted by atomic mass is 32.2. The summed E-state index contributed by atoms with van der Waals surface area (Å²) in [6, 6.07) is 3.48. The van der Waals surface area contributed by atoms with Crippen molar-refractivity contribution in [2.24, 2.45) is 10.9 Å². The minimum atomic E-state index is -0.973. The first-order valence-electron chi connectivity index (χ1n) is 7.85. The Morgan fingerprint density at radius 3 is 3.00 bits per heavy atom. The molecule has 1 N–H and O–H groups in total. The molecule has 4 nitrogen and oxygen atoms in total. The van der Waals surface area contributed by atoms with Crippen LogP contribution in [0.2, 0.25) is 0 Å². The number of carbonyl (C=O) groups excluding carboxylic acids is 1. The highest BCUT2D eigenvalue weighted by Gasteiger charge is 2.47. The number of benzene rings is 1. The Bertz CT molecular complexity index is 765. The fraction of sp³-hybridized carbons (Fsp3) is 0.333. The number of fused-ring (bicyclic) bond motifs is 1. The normalized spacial score (nSPS) is 25.5. The van der Waals surface area contributed by atoms with Gasteiger partial charge in [-0.25, -0.2) is 13.8 Å². The van der Waals surface area contributed by atoms with Gasteiger partial charge in [0.15, 0.2) is 5.17 Å². The summed E-state index contributed by atoms with van der Waals surface area (Å²) in [6.45, 7) is 7.86. The van der Waals surface area contributed by atoms with E-state index in [2.05, 4.69) is 23.5 Å². The van der Waals surface area contributed by atoms with Gasteiger partial charge in [0, 0.05) is 35.5 Å². The van der Waals surface area contributed by atoms with Gasteiger partial charge in [0.2, 0.25) is 0 Å². The number of carbonyl (C=O) groups is 1. The Kier molecular flexibility index (Phi) is 5.06. The molecule has 2 heterocycles. The predicted molar refractivity (Wildman–Crippen MR) is 94.3 cm³/mol. The number of amides is 1. The lowest BCUT2D eigenvalue weighted by molar-refractivity contribution is -0.115. The summed E-state index contributed by atoms with van der Waals surface area (Å²) < 4.78 is 33.4. The molecule has 0 spiro atoms. The maximum atomic E-state index is 14.5. The number of hydrogen-bond donors (Lipinski definition) is 1. The van der Waals surface area contributed by atoms with Crippen molar-refractivity contribution < 1.29 is 18.3 Å². The highest BCUT2D eigenvalue weighted by molar-refractivity contribution is 8.13. The number of thioether (sulfide) groups is 1. The monoisotopic (exact) mass is 364 g/mol. The van der Waals surface area contributed by atoms with E-state index in [0.29, 0.717) is 23.9 Å². The molecule has 0 saturated carbocycles. The lowest BCUT2D eigenvalue weighted by atomic mass is 9.76. The van der Waals surface area contributed by atoms with Gasteiger partial charge >= 0.3 is 0 Å². The van der Waals surface area contributed by atoms with Gasteiger partial charge in [-0.1, -0.05) is 37.1 Å². The van der Waals surface area contributed by atoms with Gasteiger partial charge < -0.3 is 10.1 Å². The van der Waals surface area contributed by atoms with Crippen LogP contribution in [-0.2, 0) is 15.1 Å². The molecule has 25 heavy (non-hydrogen) atoms. The zero-order valence-corrected chi connectivity index (χ0v) is 14.4. The van der Waals surface area contributed by atoms with Crippen LogP contribution in [0.15, 0.2) is 48.0 Å². The Balaban J connectivity index is 2.01. The summed E-state index contributed by atoms with van der Waals surface area (Å²) in [5.74, 6) is -1.02. The minimum absolute atomic E-state index is 0.0365. The van der Waals surface area contributed by atoms with Gasteiger partial charge in [0.1, 0.15) is 17.2 Å². The SMILES string of the molecule is C=CC(=C)C(=O)NC1=NC2(c3ccc(F)cc3F)COCCC2CS1. The van der Waals surface area contributed by atoms with Crippen LogP contribution in [0.3, 0.4) is 0 Å². The number of halogens is 2. The van der Waals surface area contributed by atoms with Crippen LogP contribution < -0.4 is 5.32 Å². The fourth-order valence-electron chi connectivity index (χ4n) is 3.08. The van der Waals surface area contributed by atoms with Gasteiger partial charge in [-0.3, -0.25) is 4.79 Å². The maximum Gasteiger partial charge on any atom is 0.256 e. The second kappa shape index (κ2) is 7.09. The molecular formula is C18H18F2N2O2S. The van der Waals surface area contributed by atoms with E-state index in [9.17, 15) is 13.6 Å². The number of nitrogens with zero attached hydrogens (tertiary/aromatic N) is 1. The summed E-state index contributed by atoms with van der Waals surface area (Å²) in [5.41, 5.74) is -0.472. The van der Waals surface area contributed by atoms with Crippen LogP contribution in [-0.4, -0.2) is 30.0 Å². The molecule has 132 valence electrons. The number of aliphatic imine (C=N–C) groups is 1. The second-order valence-corrected chi connectivity index (χ2v) is 7.01. The molecule has 0 aliphatic carbocycles. The first-order chi connectivity index (χ1) is 12.0. The van der Waals surface area contributed by atoms with Gasteiger partial charge in [0.05, 0.1) is 6.61 Å². The van der Waals surface area contributed by atoms with E-state index >= 15 is 0 Å². The van der Waals surface area contributed by atoms with Crippen molar-refractivity contribution in [1.82, 2.24) is 5.32 Å². The van der Waals surface area contributed by atoms with E-state index in [4.69, 9.17) is 4.74 Å². The van der Waals surface area contributed by atoms with Gasteiger partial charge in [-0.05, 0) is 12.5 Å². The molecule has 0 bridgehead atoms. The summed E-state index contributed by atoms with van der Waals surface area (Å²) in [4.78, 5) is 16.7. The van der Waals surface area contributed by atoms with Gasteiger partial charge in [-0.2, -0.15) is 0 Å². The standard InChI is InChI=1S/C18H18F2N2O2S/c1-3-11(2)16(23)21-17-22-18(10-24-7-6-12(18)9-25-17)14-5-4-13(19)8-15(14)20/h3-5,8,12H,1-2,6-7,9-10H2,(H,21,22,23). The molecule has 1 aromatic rings. The molecule has 0 aromatic heterocycles. The molecule has 1 amide bonds. The quantitative estimate of drug-likeness (QED) is 0.662. The second-order valence-electron chi connectivity index (χ2n) is 6.00. The summed E-state index contributed by atoms with van der Waals surface area (Å²) in [6.07, 6.45) is 2.07. The Hall–Kier alpha value is -1.99. The molecule has 1 saturated heterocycles. The summed E-state index contributed by atoms with van der Waals surface area (Å²) >= 11 is 1.40. The molecule has 2 atom stereocenters. The number of rotatable bonds is 3. The maximum absolute atomic E-state index is 14.5. The molecule has 2 unspecified atom stereocenters. The Morgan fingerprint density at radius 2 is 2.28 bits per heavy atom. The van der Waals surface area contributed by atoms with Crippen molar-refractivity contribution in [1.29, 1.82) is 0 Å². The minimum Gasteiger partial charge on any atom is -0.379 e. The van der Waals surface area contributed by atoms with Crippen molar-refractivity contribution in [3.8, 4) is 0 Å². The van der Waals surface area contributed by atoms with Gasteiger partial charge in [0.25, 0.3) is 5.91 Å². The van der Waals surface area contributed by atoms with Crippen molar-refractivity contribution in [3.05, 3.63) is 60.2 Å². The lowest BCUT2D eigenvalue weighted by Gasteiger charge is -2.44. The van der Waals surface area contributed by atoms with E-state index in [1.54, 1.807) is 0 Å². The van der Waals surface area contributed by atoms with Gasteiger partial charge in [-0.15, -0.1) is 0 Å². The van der Waals surface area contributed by atoms with Crippen LogP contribution in [0.5, 0.6) is 0 Å². The Morgan fingerprint density at radius 1 is 1.48 bits per heavy atom. The van der Waals surface area contributed by atoms with Crippen LogP contribution in [0.1, 0.15) is 12.0 Å². The zero-order chi connectivity index (χ0) is 18.0. The first kappa shape index (κ1) is 17.8. The van der Waals surface area contributed by atoms with Crippen LogP contribution in [0, 0.1) is 17.6 Å². The molecule has 0 radical (unpaired) electrons. The van der Waals surface area contributed by atoms with Crippen LogP contribution in [0.25, 0.3) is 0 Å². The molecule has 1 aromatic carbocycles. The van der Waals surface area contributed by atoms with E-state index < -0.39 is 23.1 Å². The molecule has 7 heteroatoms. The van der Waals surface area contributed by atoms with Crippen molar-refractivity contribution in [3.63, 3.8) is 0 Å². The molecule has 2 aliphatic heterocycles. The Labute approximate surface area is 149 Å².